The first-order valence-electron chi connectivity index (χ1n) is 12.1. The third-order valence-electron chi connectivity index (χ3n) is 7.77. The monoisotopic (exact) mass is 376 g/mol. The van der Waals surface area contributed by atoms with Crippen LogP contribution in [0, 0.1) is 23.7 Å². The molecule has 2 heterocycles. The molecule has 0 aromatic rings. The molecule has 0 bridgehead atoms. The van der Waals surface area contributed by atoms with Gasteiger partial charge in [-0.15, -0.1) is 0 Å². The number of amides is 1. The molecule has 3 fully saturated rings. The zero-order valence-corrected chi connectivity index (χ0v) is 18.3. The number of carbonyl (C=O) groups excluding carboxylic acids is 1. The third-order valence-corrected chi connectivity index (χ3v) is 7.77. The van der Waals surface area contributed by atoms with Gasteiger partial charge in [-0.3, -0.25) is 4.79 Å². The van der Waals surface area contributed by atoms with Gasteiger partial charge in [-0.05, 0) is 88.6 Å². The SMILES string of the molecule is CCCC1CCN(C2CCC(CC3CCN(C(=O)C(C)C)CC3)CC2)CC1. The summed E-state index contributed by atoms with van der Waals surface area (Å²) in [6.07, 6.45) is 15.4. The van der Waals surface area contributed by atoms with Gasteiger partial charge in [0.1, 0.15) is 0 Å². The summed E-state index contributed by atoms with van der Waals surface area (Å²) in [5.74, 6) is 3.35. The lowest BCUT2D eigenvalue weighted by Crippen LogP contribution is -2.43. The molecule has 1 aliphatic carbocycles. The number of piperidine rings is 2. The minimum absolute atomic E-state index is 0.156. The maximum Gasteiger partial charge on any atom is 0.225 e. The van der Waals surface area contributed by atoms with Crippen molar-refractivity contribution in [1.29, 1.82) is 0 Å². The second kappa shape index (κ2) is 10.3. The zero-order chi connectivity index (χ0) is 19.2. The first kappa shape index (κ1) is 21.1. The molecule has 3 rings (SSSR count). The molecule has 2 aliphatic heterocycles. The van der Waals surface area contributed by atoms with E-state index in [4.69, 9.17) is 0 Å². The number of rotatable bonds is 6. The van der Waals surface area contributed by atoms with Gasteiger partial charge < -0.3 is 9.80 Å². The summed E-state index contributed by atoms with van der Waals surface area (Å²) in [5, 5.41) is 0. The largest absolute Gasteiger partial charge is 0.342 e. The van der Waals surface area contributed by atoms with Crippen molar-refractivity contribution in [3.63, 3.8) is 0 Å². The lowest BCUT2D eigenvalue weighted by Gasteiger charge is -2.42. The van der Waals surface area contributed by atoms with Crippen LogP contribution >= 0.6 is 0 Å². The molecule has 0 aromatic carbocycles. The average molecular weight is 377 g/mol. The molecule has 27 heavy (non-hydrogen) atoms. The van der Waals surface area contributed by atoms with Crippen molar-refractivity contribution in [2.24, 2.45) is 23.7 Å². The lowest BCUT2D eigenvalue weighted by atomic mass is 9.77. The van der Waals surface area contributed by atoms with Gasteiger partial charge in [0.15, 0.2) is 0 Å². The summed E-state index contributed by atoms with van der Waals surface area (Å²) in [7, 11) is 0. The summed E-state index contributed by atoms with van der Waals surface area (Å²) < 4.78 is 0. The van der Waals surface area contributed by atoms with Crippen LogP contribution < -0.4 is 0 Å². The van der Waals surface area contributed by atoms with E-state index in [1.807, 2.05) is 13.8 Å². The van der Waals surface area contributed by atoms with Gasteiger partial charge in [0.05, 0.1) is 0 Å². The molecule has 0 atom stereocenters. The minimum atomic E-state index is 0.156. The Hall–Kier alpha value is -0.570. The van der Waals surface area contributed by atoms with E-state index in [-0.39, 0.29) is 5.92 Å². The first-order valence-corrected chi connectivity index (χ1v) is 12.1. The van der Waals surface area contributed by atoms with Gasteiger partial charge in [0.25, 0.3) is 0 Å². The smallest absolute Gasteiger partial charge is 0.225 e. The Morgan fingerprint density at radius 3 is 1.93 bits per heavy atom. The number of nitrogens with zero attached hydrogens (tertiary/aromatic N) is 2. The molecule has 0 spiro atoms. The van der Waals surface area contributed by atoms with Crippen molar-refractivity contribution in [2.45, 2.75) is 97.4 Å². The molecule has 3 aliphatic rings. The Morgan fingerprint density at radius 1 is 0.815 bits per heavy atom. The van der Waals surface area contributed by atoms with E-state index in [9.17, 15) is 4.79 Å². The summed E-state index contributed by atoms with van der Waals surface area (Å²) >= 11 is 0. The highest BCUT2D eigenvalue weighted by atomic mass is 16.2. The van der Waals surface area contributed by atoms with Crippen molar-refractivity contribution in [3.05, 3.63) is 0 Å². The van der Waals surface area contributed by atoms with E-state index >= 15 is 0 Å². The van der Waals surface area contributed by atoms with Crippen LogP contribution in [0.5, 0.6) is 0 Å². The minimum Gasteiger partial charge on any atom is -0.342 e. The van der Waals surface area contributed by atoms with Crippen LogP contribution in [0.3, 0.4) is 0 Å². The number of likely N-dealkylation sites (tertiary alicyclic amines) is 2. The fourth-order valence-electron chi connectivity index (χ4n) is 5.99. The molecule has 0 unspecified atom stereocenters. The molecule has 0 radical (unpaired) electrons. The van der Waals surface area contributed by atoms with Gasteiger partial charge in [0.2, 0.25) is 5.91 Å². The fourth-order valence-corrected chi connectivity index (χ4v) is 5.99. The molecule has 1 saturated carbocycles. The van der Waals surface area contributed by atoms with E-state index in [2.05, 4.69) is 16.7 Å². The normalized spacial score (nSPS) is 29.4. The van der Waals surface area contributed by atoms with Gasteiger partial charge >= 0.3 is 0 Å². The second-order valence-electron chi connectivity index (χ2n) is 10.1. The predicted molar refractivity (Wildman–Crippen MR) is 114 cm³/mol. The van der Waals surface area contributed by atoms with Gasteiger partial charge in [-0.1, -0.05) is 33.6 Å². The van der Waals surface area contributed by atoms with E-state index in [0.29, 0.717) is 5.91 Å². The van der Waals surface area contributed by atoms with Crippen LogP contribution in [0.4, 0.5) is 0 Å². The third kappa shape index (κ3) is 5.95. The maximum absolute atomic E-state index is 12.2. The number of carbonyl (C=O) groups is 1. The van der Waals surface area contributed by atoms with Crippen molar-refractivity contribution in [2.75, 3.05) is 26.2 Å². The molecule has 0 aromatic heterocycles. The van der Waals surface area contributed by atoms with Crippen molar-refractivity contribution < 1.29 is 4.79 Å². The van der Waals surface area contributed by atoms with Gasteiger partial charge in [-0.25, -0.2) is 0 Å². The highest BCUT2D eigenvalue weighted by molar-refractivity contribution is 5.78. The summed E-state index contributed by atoms with van der Waals surface area (Å²) in [6.45, 7) is 11.1. The Labute approximate surface area is 168 Å². The maximum atomic E-state index is 12.2. The molecule has 1 amide bonds. The van der Waals surface area contributed by atoms with Crippen molar-refractivity contribution in [1.82, 2.24) is 9.80 Å². The van der Waals surface area contributed by atoms with Crippen LogP contribution in [0.2, 0.25) is 0 Å². The number of hydrogen-bond acceptors (Lipinski definition) is 2. The van der Waals surface area contributed by atoms with Crippen LogP contribution in [0.15, 0.2) is 0 Å². The highest BCUT2D eigenvalue weighted by Gasteiger charge is 2.31. The average Bonchev–Trinajstić information content (AvgIpc) is 2.69. The van der Waals surface area contributed by atoms with Crippen molar-refractivity contribution in [3.8, 4) is 0 Å². The Kier molecular flexibility index (Phi) is 8.05. The topological polar surface area (TPSA) is 23.6 Å². The van der Waals surface area contributed by atoms with E-state index in [1.54, 1.807) is 0 Å². The summed E-state index contributed by atoms with van der Waals surface area (Å²) in [4.78, 5) is 17.1. The van der Waals surface area contributed by atoms with E-state index < -0.39 is 0 Å². The fraction of sp³-hybridized carbons (Fsp3) is 0.958. The Balaban J connectivity index is 1.33. The summed E-state index contributed by atoms with van der Waals surface area (Å²) in [5.41, 5.74) is 0. The van der Waals surface area contributed by atoms with Crippen LogP contribution in [0.1, 0.15) is 91.4 Å². The Bertz CT molecular complexity index is 439. The predicted octanol–water partition coefficient (Wildman–Crippen LogP) is 5.34. The molecule has 0 N–H and O–H groups in total. The zero-order valence-electron chi connectivity index (χ0n) is 18.3. The van der Waals surface area contributed by atoms with Gasteiger partial charge in [0, 0.05) is 25.0 Å². The molecular formula is C24H44N2O. The van der Waals surface area contributed by atoms with Crippen molar-refractivity contribution >= 4 is 5.91 Å². The molecule has 3 heteroatoms. The highest BCUT2D eigenvalue weighted by Crippen LogP contribution is 2.36. The van der Waals surface area contributed by atoms with Gasteiger partial charge in [-0.2, -0.15) is 0 Å². The van der Waals surface area contributed by atoms with Crippen LogP contribution in [-0.2, 0) is 4.79 Å². The summed E-state index contributed by atoms with van der Waals surface area (Å²) in [6, 6.07) is 0.884. The van der Waals surface area contributed by atoms with Crippen LogP contribution in [-0.4, -0.2) is 47.9 Å². The van der Waals surface area contributed by atoms with Crippen LogP contribution in [0.25, 0.3) is 0 Å². The second-order valence-corrected chi connectivity index (χ2v) is 10.1. The Morgan fingerprint density at radius 2 is 1.37 bits per heavy atom. The quantitative estimate of drug-likeness (QED) is 0.624. The molecule has 3 nitrogen and oxygen atoms in total. The molecule has 156 valence electrons. The van der Waals surface area contributed by atoms with E-state index in [0.717, 1.165) is 36.9 Å². The van der Waals surface area contributed by atoms with E-state index in [1.165, 1.54) is 83.7 Å². The lowest BCUT2D eigenvalue weighted by molar-refractivity contribution is -0.135. The molecular weight excluding hydrogens is 332 g/mol. The standard InChI is InChI=1S/C24H44N2O/c1-4-5-20-10-14-25(15-11-20)23-8-6-21(7-9-23)18-22-12-16-26(17-13-22)24(27)19(2)3/h19-23H,4-18H2,1-3H3. The molecule has 2 saturated heterocycles. The number of hydrogen-bond donors (Lipinski definition) is 0. The first-order chi connectivity index (χ1) is 13.1.